The number of aliphatic imine (C=N–C) groups is 1. The van der Waals surface area contributed by atoms with Crippen molar-refractivity contribution < 1.29 is 27.1 Å². The molecule has 1 amide bonds. The molecule has 0 aromatic heterocycles. The molecule has 1 aliphatic heterocycles. The molecule has 27 heavy (non-hydrogen) atoms. The first-order valence-corrected chi connectivity index (χ1v) is 10.5. The molecule has 0 aliphatic carbocycles. The lowest BCUT2D eigenvalue weighted by Gasteiger charge is -2.42. The van der Waals surface area contributed by atoms with Gasteiger partial charge in [0.05, 0.1) is 5.75 Å². The summed E-state index contributed by atoms with van der Waals surface area (Å²) >= 11 is 1.79. The summed E-state index contributed by atoms with van der Waals surface area (Å²) in [7, 11) is -2.86. The minimum atomic E-state index is -4.04. The Morgan fingerprint density at radius 3 is 2.41 bits per heavy atom. The Labute approximate surface area is 170 Å². The van der Waals surface area contributed by atoms with E-state index < -0.39 is 44.6 Å². The van der Waals surface area contributed by atoms with E-state index in [-0.39, 0.29) is 11.5 Å². The number of nitrogens with zero attached hydrogens (tertiary/aromatic N) is 3. The molecular formula is C16H20F2IN3O4S. The molecule has 0 saturated heterocycles. The SMILES string of the molecule is CN1C(N(C(=O)O)C(C)(C)C)=N[C@](C)(c2cc(I)cc(F)c2F)CS1(=O)=O. The van der Waals surface area contributed by atoms with Crippen LogP contribution in [0.2, 0.25) is 0 Å². The summed E-state index contributed by atoms with van der Waals surface area (Å²) in [5.41, 5.74) is -2.98. The van der Waals surface area contributed by atoms with Crippen LogP contribution < -0.4 is 0 Å². The Morgan fingerprint density at radius 1 is 1.37 bits per heavy atom. The maximum Gasteiger partial charge on any atom is 0.414 e. The molecule has 11 heteroatoms. The highest BCUT2D eigenvalue weighted by molar-refractivity contribution is 14.1. The van der Waals surface area contributed by atoms with Gasteiger partial charge in [0.2, 0.25) is 16.0 Å². The molecule has 150 valence electrons. The van der Waals surface area contributed by atoms with E-state index in [0.29, 0.717) is 3.57 Å². The number of sulfonamides is 1. The third kappa shape index (κ3) is 4.03. The zero-order valence-corrected chi connectivity index (χ0v) is 18.4. The van der Waals surface area contributed by atoms with E-state index in [2.05, 4.69) is 4.99 Å². The van der Waals surface area contributed by atoms with Gasteiger partial charge in [-0.3, -0.25) is 0 Å². The molecule has 7 nitrogen and oxygen atoms in total. The van der Waals surface area contributed by atoms with Crippen LogP contribution in [-0.4, -0.2) is 53.1 Å². The van der Waals surface area contributed by atoms with Crippen molar-refractivity contribution in [3.05, 3.63) is 32.9 Å². The number of benzene rings is 1. The number of carbonyl (C=O) groups is 1. The molecule has 1 aliphatic rings. The van der Waals surface area contributed by atoms with E-state index in [9.17, 15) is 27.1 Å². The molecule has 1 aromatic carbocycles. The highest BCUT2D eigenvalue weighted by atomic mass is 127. The van der Waals surface area contributed by atoms with E-state index in [1.165, 1.54) is 20.0 Å². The van der Waals surface area contributed by atoms with Gasteiger partial charge in [0.1, 0.15) is 5.54 Å². The molecule has 1 heterocycles. The molecule has 0 radical (unpaired) electrons. The summed E-state index contributed by atoms with van der Waals surface area (Å²) in [5, 5.41) is 9.62. The highest BCUT2D eigenvalue weighted by Gasteiger charge is 2.47. The molecule has 1 N–H and O–H groups in total. The lowest BCUT2D eigenvalue weighted by atomic mass is 9.94. The van der Waals surface area contributed by atoms with Crippen molar-refractivity contribution in [2.75, 3.05) is 12.8 Å². The van der Waals surface area contributed by atoms with Crippen molar-refractivity contribution in [2.24, 2.45) is 4.99 Å². The van der Waals surface area contributed by atoms with Crippen molar-refractivity contribution in [3.8, 4) is 0 Å². The van der Waals surface area contributed by atoms with E-state index in [1.807, 2.05) is 0 Å². The van der Waals surface area contributed by atoms with Crippen molar-refractivity contribution in [2.45, 2.75) is 38.8 Å². The van der Waals surface area contributed by atoms with Crippen LogP contribution in [0.3, 0.4) is 0 Å². The first-order valence-electron chi connectivity index (χ1n) is 7.85. The number of hydrogen-bond acceptors (Lipinski definition) is 4. The predicted molar refractivity (Wildman–Crippen MR) is 105 cm³/mol. The molecule has 0 unspecified atom stereocenters. The van der Waals surface area contributed by atoms with Gasteiger partial charge in [-0.15, -0.1) is 0 Å². The lowest BCUT2D eigenvalue weighted by molar-refractivity contribution is 0.135. The molecular weight excluding hydrogens is 495 g/mol. The summed E-state index contributed by atoms with van der Waals surface area (Å²) in [5.74, 6) is -3.34. The monoisotopic (exact) mass is 515 g/mol. The second-order valence-electron chi connectivity index (χ2n) is 7.45. The van der Waals surface area contributed by atoms with Crippen LogP contribution in [0.1, 0.15) is 33.3 Å². The summed E-state index contributed by atoms with van der Waals surface area (Å²) in [6, 6.07) is 2.29. The second kappa shape index (κ2) is 6.83. The Balaban J connectivity index is 2.82. The average molecular weight is 515 g/mol. The van der Waals surface area contributed by atoms with Crippen molar-refractivity contribution in [1.29, 1.82) is 0 Å². The van der Waals surface area contributed by atoms with Crippen LogP contribution in [-0.2, 0) is 15.6 Å². The summed E-state index contributed by atoms with van der Waals surface area (Å²) in [4.78, 5) is 16.9. The fourth-order valence-corrected chi connectivity index (χ4v) is 4.93. The lowest BCUT2D eigenvalue weighted by Crippen LogP contribution is -2.59. The smallest absolute Gasteiger partial charge is 0.414 e. The van der Waals surface area contributed by atoms with E-state index in [4.69, 9.17) is 0 Å². The molecule has 0 spiro atoms. The van der Waals surface area contributed by atoms with Gasteiger partial charge < -0.3 is 5.11 Å². The van der Waals surface area contributed by atoms with E-state index in [1.54, 1.807) is 43.4 Å². The first-order chi connectivity index (χ1) is 12.1. The Morgan fingerprint density at radius 2 is 1.93 bits per heavy atom. The number of guanidine groups is 1. The zero-order chi connectivity index (χ0) is 20.9. The largest absolute Gasteiger partial charge is 0.465 e. The van der Waals surface area contributed by atoms with Crippen LogP contribution in [0, 0.1) is 15.2 Å². The van der Waals surface area contributed by atoms with Gasteiger partial charge in [0, 0.05) is 21.7 Å². The fourth-order valence-electron chi connectivity index (χ4n) is 2.85. The summed E-state index contributed by atoms with van der Waals surface area (Å²) in [6.45, 7) is 6.05. The molecule has 0 fully saturated rings. The first kappa shape index (κ1) is 21.8. The molecule has 0 saturated carbocycles. The standard InChI is InChI=1S/C16H20F2IN3O4S/c1-15(2,3)22(14(23)24)13-20-16(4,8-27(25,26)21(13)5)10-6-9(19)7-11(17)12(10)18/h6-7H,8H2,1-5H3,(H,23,24)/t16-/m0/s1. The van der Waals surface area contributed by atoms with E-state index >= 15 is 0 Å². The zero-order valence-electron chi connectivity index (χ0n) is 15.4. The van der Waals surface area contributed by atoms with Crippen molar-refractivity contribution in [1.82, 2.24) is 9.21 Å². The maximum absolute atomic E-state index is 14.5. The summed E-state index contributed by atoms with van der Waals surface area (Å²) < 4.78 is 55.0. The third-order valence-electron chi connectivity index (χ3n) is 4.14. The summed E-state index contributed by atoms with van der Waals surface area (Å²) in [6.07, 6.45) is -1.41. The quantitative estimate of drug-likeness (QED) is 0.460. The minimum absolute atomic E-state index is 0.250. The Kier molecular flexibility index (Phi) is 5.52. The second-order valence-corrected chi connectivity index (χ2v) is 10.7. The third-order valence-corrected chi connectivity index (χ3v) is 6.69. The Bertz CT molecular complexity index is 930. The average Bonchev–Trinajstić information content (AvgIpc) is 2.45. The van der Waals surface area contributed by atoms with Gasteiger partial charge in [-0.2, -0.15) is 0 Å². The van der Waals surface area contributed by atoms with Gasteiger partial charge in [-0.1, -0.05) is 0 Å². The maximum atomic E-state index is 14.5. The predicted octanol–water partition coefficient (Wildman–Crippen LogP) is 3.19. The van der Waals surface area contributed by atoms with Gasteiger partial charge in [-0.25, -0.2) is 36.2 Å². The number of hydrogen-bond donors (Lipinski definition) is 1. The van der Waals surface area contributed by atoms with Crippen LogP contribution in [0.15, 0.2) is 17.1 Å². The van der Waals surface area contributed by atoms with Crippen LogP contribution in [0.5, 0.6) is 0 Å². The van der Waals surface area contributed by atoms with E-state index in [0.717, 1.165) is 15.3 Å². The normalized spacial score (nSPS) is 22.4. The number of carboxylic acid groups (broad SMARTS) is 1. The van der Waals surface area contributed by atoms with Gasteiger partial charge in [0.15, 0.2) is 11.6 Å². The van der Waals surface area contributed by atoms with Gasteiger partial charge in [-0.05, 0) is 62.4 Å². The molecule has 1 atom stereocenters. The number of halogens is 3. The number of rotatable bonds is 1. The van der Waals surface area contributed by atoms with Crippen LogP contribution in [0.25, 0.3) is 0 Å². The van der Waals surface area contributed by atoms with Crippen LogP contribution >= 0.6 is 22.6 Å². The minimum Gasteiger partial charge on any atom is -0.465 e. The molecule has 0 bridgehead atoms. The highest BCUT2D eigenvalue weighted by Crippen LogP contribution is 2.37. The van der Waals surface area contributed by atoms with Crippen molar-refractivity contribution in [3.63, 3.8) is 0 Å². The van der Waals surface area contributed by atoms with Gasteiger partial charge in [0.25, 0.3) is 0 Å². The fraction of sp³-hybridized carbons (Fsp3) is 0.500. The van der Waals surface area contributed by atoms with Gasteiger partial charge >= 0.3 is 6.09 Å². The molecule has 2 rings (SSSR count). The number of amides is 1. The van der Waals surface area contributed by atoms with Crippen LogP contribution in [0.4, 0.5) is 13.6 Å². The topological polar surface area (TPSA) is 90.3 Å². The molecule has 1 aromatic rings. The van der Waals surface area contributed by atoms with Crippen molar-refractivity contribution >= 4 is 44.7 Å². The Hall–Kier alpha value is -1.50.